The maximum absolute atomic E-state index is 11.6. The molecule has 18 heavy (non-hydrogen) atoms. The quantitative estimate of drug-likeness (QED) is 0.885. The molecule has 0 saturated carbocycles. The highest BCUT2D eigenvalue weighted by atomic mass is 32.1. The highest BCUT2D eigenvalue weighted by Crippen LogP contribution is 2.28. The fourth-order valence-electron chi connectivity index (χ4n) is 1.41. The molecule has 2 aromatic heterocycles. The van der Waals surface area contributed by atoms with Crippen molar-refractivity contribution >= 4 is 33.7 Å². The summed E-state index contributed by atoms with van der Waals surface area (Å²) in [5.41, 5.74) is 6.53. The summed E-state index contributed by atoms with van der Waals surface area (Å²) < 4.78 is 0. The van der Waals surface area contributed by atoms with Gasteiger partial charge in [0.05, 0.1) is 10.6 Å². The van der Waals surface area contributed by atoms with Crippen LogP contribution in [0.15, 0.2) is 22.9 Å². The summed E-state index contributed by atoms with van der Waals surface area (Å²) in [4.78, 5) is 17.1. The third-order valence-electron chi connectivity index (χ3n) is 2.35. The highest BCUT2D eigenvalue weighted by molar-refractivity contribution is 7.16. The number of hydrogen-bond acceptors (Lipinski definition) is 5. The van der Waals surface area contributed by atoms with E-state index in [1.807, 2.05) is 29.8 Å². The molecule has 1 unspecified atom stereocenters. The number of anilines is 1. The largest absolute Gasteiger partial charge is 0.328 e. The molecule has 0 aliphatic carbocycles. The van der Waals surface area contributed by atoms with Gasteiger partial charge in [-0.15, -0.1) is 22.7 Å². The number of amides is 1. The third-order valence-corrected chi connectivity index (χ3v) is 4.00. The number of thiophene rings is 1. The monoisotopic (exact) mass is 281 g/mol. The van der Waals surface area contributed by atoms with Crippen molar-refractivity contribution in [3.63, 3.8) is 0 Å². The van der Waals surface area contributed by atoms with Crippen molar-refractivity contribution in [1.29, 1.82) is 0 Å². The molecule has 1 atom stereocenters. The topological polar surface area (TPSA) is 68.0 Å². The van der Waals surface area contributed by atoms with Crippen LogP contribution in [-0.2, 0) is 4.79 Å². The van der Waals surface area contributed by atoms with Crippen molar-refractivity contribution in [2.45, 2.75) is 25.8 Å². The molecule has 6 heteroatoms. The molecular formula is C12H15N3OS2. The van der Waals surface area contributed by atoms with Crippen LogP contribution in [0.4, 0.5) is 5.13 Å². The van der Waals surface area contributed by atoms with Crippen LogP contribution in [-0.4, -0.2) is 16.9 Å². The minimum atomic E-state index is -0.0284. The SMILES string of the molecule is CC(N)CCC(=O)Nc1nc(-c2cccs2)cs1. The third kappa shape index (κ3) is 3.63. The number of thiazole rings is 1. The minimum Gasteiger partial charge on any atom is -0.328 e. The minimum absolute atomic E-state index is 0.0284. The van der Waals surface area contributed by atoms with Crippen molar-refractivity contribution in [3.05, 3.63) is 22.9 Å². The summed E-state index contributed by atoms with van der Waals surface area (Å²) >= 11 is 3.08. The zero-order valence-corrected chi connectivity index (χ0v) is 11.7. The number of nitrogens with two attached hydrogens (primary N) is 1. The first-order valence-electron chi connectivity index (χ1n) is 5.70. The lowest BCUT2D eigenvalue weighted by Gasteiger charge is -2.04. The summed E-state index contributed by atoms with van der Waals surface area (Å²) in [6.07, 6.45) is 1.13. The second-order valence-electron chi connectivity index (χ2n) is 4.08. The molecule has 1 amide bonds. The molecule has 0 radical (unpaired) electrons. The average molecular weight is 281 g/mol. The van der Waals surface area contributed by atoms with Crippen molar-refractivity contribution in [3.8, 4) is 10.6 Å². The molecule has 0 aliphatic rings. The smallest absolute Gasteiger partial charge is 0.226 e. The van der Waals surface area contributed by atoms with Gasteiger partial charge in [0.2, 0.25) is 5.91 Å². The maximum Gasteiger partial charge on any atom is 0.226 e. The van der Waals surface area contributed by atoms with Crippen molar-refractivity contribution in [2.75, 3.05) is 5.32 Å². The lowest BCUT2D eigenvalue weighted by Crippen LogP contribution is -2.19. The number of hydrogen-bond donors (Lipinski definition) is 2. The molecule has 2 aromatic rings. The molecule has 4 nitrogen and oxygen atoms in total. The van der Waals surface area contributed by atoms with E-state index in [9.17, 15) is 4.79 Å². The number of carbonyl (C=O) groups is 1. The van der Waals surface area contributed by atoms with E-state index in [-0.39, 0.29) is 11.9 Å². The van der Waals surface area contributed by atoms with E-state index in [1.165, 1.54) is 11.3 Å². The summed E-state index contributed by atoms with van der Waals surface area (Å²) in [6, 6.07) is 4.05. The Bertz CT molecular complexity index is 505. The second kappa shape index (κ2) is 6.08. The molecule has 3 N–H and O–H groups in total. The van der Waals surface area contributed by atoms with E-state index in [0.29, 0.717) is 18.0 Å². The molecule has 0 bridgehead atoms. The lowest BCUT2D eigenvalue weighted by atomic mass is 10.2. The Kier molecular flexibility index (Phi) is 4.46. The number of carbonyl (C=O) groups excluding carboxylic acids is 1. The first kappa shape index (κ1) is 13.2. The Balaban J connectivity index is 1.93. The van der Waals surface area contributed by atoms with Crippen LogP contribution < -0.4 is 11.1 Å². The van der Waals surface area contributed by atoms with Gasteiger partial charge in [-0.3, -0.25) is 4.79 Å². The van der Waals surface area contributed by atoms with Gasteiger partial charge >= 0.3 is 0 Å². The van der Waals surface area contributed by atoms with E-state index in [0.717, 1.165) is 10.6 Å². The molecule has 0 aromatic carbocycles. The van der Waals surface area contributed by atoms with Crippen molar-refractivity contribution in [2.24, 2.45) is 5.73 Å². The number of rotatable bonds is 5. The normalized spacial score (nSPS) is 12.3. The highest BCUT2D eigenvalue weighted by Gasteiger charge is 2.09. The Morgan fingerprint density at radius 3 is 3.06 bits per heavy atom. The number of aromatic nitrogens is 1. The maximum atomic E-state index is 11.6. The van der Waals surface area contributed by atoms with E-state index >= 15 is 0 Å². The second-order valence-corrected chi connectivity index (χ2v) is 5.89. The van der Waals surface area contributed by atoms with Gasteiger partial charge in [0.1, 0.15) is 0 Å². The Labute approximate surface area is 114 Å². The number of nitrogens with zero attached hydrogens (tertiary/aromatic N) is 1. The number of nitrogens with one attached hydrogen (secondary N) is 1. The first-order chi connectivity index (χ1) is 8.65. The zero-order chi connectivity index (χ0) is 13.0. The van der Waals surface area contributed by atoms with E-state index < -0.39 is 0 Å². The molecule has 0 fully saturated rings. The van der Waals surface area contributed by atoms with Crippen LogP contribution in [0.2, 0.25) is 0 Å². The van der Waals surface area contributed by atoms with Crippen LogP contribution in [0.5, 0.6) is 0 Å². The molecule has 0 saturated heterocycles. The Hall–Kier alpha value is -1.24. The Morgan fingerprint density at radius 1 is 1.56 bits per heavy atom. The summed E-state index contributed by atoms with van der Waals surface area (Å²) in [5, 5.41) is 7.40. The van der Waals surface area contributed by atoms with Crippen molar-refractivity contribution in [1.82, 2.24) is 4.98 Å². The van der Waals surface area contributed by atoms with Crippen LogP contribution in [0, 0.1) is 0 Å². The fourth-order valence-corrected chi connectivity index (χ4v) is 2.90. The van der Waals surface area contributed by atoms with Crippen LogP contribution >= 0.6 is 22.7 Å². The molecular weight excluding hydrogens is 266 g/mol. The van der Waals surface area contributed by atoms with Gasteiger partial charge in [-0.1, -0.05) is 6.07 Å². The van der Waals surface area contributed by atoms with E-state index in [1.54, 1.807) is 11.3 Å². The first-order valence-corrected chi connectivity index (χ1v) is 7.46. The van der Waals surface area contributed by atoms with Gasteiger partial charge in [-0.25, -0.2) is 4.98 Å². The fraction of sp³-hybridized carbons (Fsp3) is 0.333. The van der Waals surface area contributed by atoms with Gasteiger partial charge in [0, 0.05) is 17.8 Å². The lowest BCUT2D eigenvalue weighted by molar-refractivity contribution is -0.116. The van der Waals surface area contributed by atoms with Gasteiger partial charge in [0.15, 0.2) is 5.13 Å². The van der Waals surface area contributed by atoms with Crippen LogP contribution in [0.3, 0.4) is 0 Å². The van der Waals surface area contributed by atoms with Crippen LogP contribution in [0.25, 0.3) is 10.6 Å². The van der Waals surface area contributed by atoms with E-state index in [4.69, 9.17) is 5.73 Å². The zero-order valence-electron chi connectivity index (χ0n) is 10.1. The van der Waals surface area contributed by atoms with Crippen LogP contribution in [0.1, 0.15) is 19.8 Å². The van der Waals surface area contributed by atoms with Gasteiger partial charge in [-0.2, -0.15) is 0 Å². The molecule has 0 aliphatic heterocycles. The Morgan fingerprint density at radius 2 is 2.39 bits per heavy atom. The summed E-state index contributed by atoms with van der Waals surface area (Å²) in [5.74, 6) is -0.0284. The summed E-state index contributed by atoms with van der Waals surface area (Å²) in [6.45, 7) is 1.89. The standard InChI is InChI=1S/C12H15N3OS2/c1-8(13)4-5-11(16)15-12-14-9(7-18-12)10-3-2-6-17-10/h2-3,6-8H,4-5,13H2,1H3,(H,14,15,16). The predicted octanol–water partition coefficient (Wildman–Crippen LogP) is 2.94. The molecule has 96 valence electrons. The molecule has 2 rings (SSSR count). The molecule has 2 heterocycles. The van der Waals surface area contributed by atoms with Gasteiger partial charge in [0.25, 0.3) is 0 Å². The van der Waals surface area contributed by atoms with Gasteiger partial charge in [-0.05, 0) is 24.8 Å². The van der Waals surface area contributed by atoms with E-state index in [2.05, 4.69) is 10.3 Å². The summed E-state index contributed by atoms with van der Waals surface area (Å²) in [7, 11) is 0. The van der Waals surface area contributed by atoms with Gasteiger partial charge < -0.3 is 11.1 Å². The predicted molar refractivity (Wildman–Crippen MR) is 76.9 cm³/mol. The van der Waals surface area contributed by atoms with Crippen molar-refractivity contribution < 1.29 is 4.79 Å². The molecule has 0 spiro atoms. The average Bonchev–Trinajstić information content (AvgIpc) is 2.95.